The average Bonchev–Trinajstić information content (AvgIpc) is 2.55. The molecule has 0 unspecified atom stereocenters. The summed E-state index contributed by atoms with van der Waals surface area (Å²) in [5, 5.41) is 16.6. The number of aryl methyl sites for hydroxylation is 1. The normalized spacial score (nSPS) is 10.2. The number of halogens is 1. The van der Waals surface area contributed by atoms with Crippen molar-refractivity contribution in [3.05, 3.63) is 62.1 Å². The maximum Gasteiger partial charge on any atom is 0.293 e. The number of nitro benzene ring substituents is 1. The number of carbonyl (C=O) groups excluding carboxylic acids is 2. The maximum absolute atomic E-state index is 12.1. The average molecular weight is 406 g/mol. The van der Waals surface area contributed by atoms with Gasteiger partial charge in [-0.2, -0.15) is 0 Å². The van der Waals surface area contributed by atoms with Crippen molar-refractivity contribution < 1.29 is 14.5 Å². The lowest BCUT2D eigenvalue weighted by Crippen LogP contribution is -2.22. The van der Waals surface area contributed by atoms with Crippen LogP contribution in [0.25, 0.3) is 0 Å². The fourth-order valence-corrected chi connectivity index (χ4v) is 2.66. The van der Waals surface area contributed by atoms with Crippen LogP contribution in [-0.4, -0.2) is 23.2 Å². The quantitative estimate of drug-likeness (QED) is 0.430. The standard InChI is InChI=1S/C17H16BrN3O4/c1-10-7-13(18)4-6-14(10)20-17(23)9-19-15-5-3-12(11(2)22)8-16(15)21(24)25/h3-8,19H,9H2,1-2H3,(H,20,23). The molecule has 0 aliphatic rings. The van der Waals surface area contributed by atoms with Crippen LogP contribution in [0.4, 0.5) is 17.1 Å². The number of carbonyl (C=O) groups is 2. The number of hydrogen-bond donors (Lipinski definition) is 2. The van der Waals surface area contributed by atoms with Crippen molar-refractivity contribution in [1.82, 2.24) is 0 Å². The van der Waals surface area contributed by atoms with E-state index in [-0.39, 0.29) is 35.2 Å². The van der Waals surface area contributed by atoms with E-state index in [1.165, 1.54) is 25.1 Å². The Bertz CT molecular complexity index is 852. The minimum atomic E-state index is -0.592. The zero-order valence-electron chi connectivity index (χ0n) is 13.6. The minimum Gasteiger partial charge on any atom is -0.371 e. The summed E-state index contributed by atoms with van der Waals surface area (Å²) >= 11 is 3.35. The first-order chi connectivity index (χ1) is 11.8. The fraction of sp³-hybridized carbons (Fsp3) is 0.176. The van der Waals surface area contributed by atoms with Gasteiger partial charge in [-0.3, -0.25) is 19.7 Å². The molecule has 0 fully saturated rings. The van der Waals surface area contributed by atoms with Gasteiger partial charge in [0.05, 0.1) is 11.5 Å². The van der Waals surface area contributed by atoms with Gasteiger partial charge in [0.15, 0.2) is 5.78 Å². The number of rotatable bonds is 6. The molecule has 2 rings (SSSR count). The number of nitro groups is 1. The number of ketones is 1. The van der Waals surface area contributed by atoms with Crippen molar-refractivity contribution in [3.63, 3.8) is 0 Å². The molecule has 8 heteroatoms. The number of nitrogens with zero attached hydrogens (tertiary/aromatic N) is 1. The lowest BCUT2D eigenvalue weighted by Gasteiger charge is -2.11. The van der Waals surface area contributed by atoms with E-state index in [9.17, 15) is 19.7 Å². The van der Waals surface area contributed by atoms with Crippen molar-refractivity contribution >= 4 is 44.7 Å². The minimum absolute atomic E-state index is 0.143. The highest BCUT2D eigenvalue weighted by Gasteiger charge is 2.17. The third-order valence-electron chi connectivity index (χ3n) is 3.50. The Kier molecular flexibility index (Phi) is 5.87. The molecule has 0 aromatic heterocycles. The molecule has 0 bridgehead atoms. The number of benzene rings is 2. The summed E-state index contributed by atoms with van der Waals surface area (Å²) in [5.74, 6) is -0.603. The highest BCUT2D eigenvalue weighted by Crippen LogP contribution is 2.26. The summed E-state index contributed by atoms with van der Waals surface area (Å²) in [5.41, 5.74) is 1.72. The molecule has 2 aromatic carbocycles. The number of anilines is 2. The third kappa shape index (κ3) is 4.87. The van der Waals surface area contributed by atoms with Gasteiger partial charge in [-0.25, -0.2) is 0 Å². The van der Waals surface area contributed by atoms with Gasteiger partial charge in [-0.05, 0) is 49.7 Å². The smallest absolute Gasteiger partial charge is 0.293 e. The second-order valence-corrected chi connectivity index (χ2v) is 6.32. The van der Waals surface area contributed by atoms with E-state index in [1.807, 2.05) is 13.0 Å². The van der Waals surface area contributed by atoms with E-state index < -0.39 is 4.92 Å². The van der Waals surface area contributed by atoms with Crippen LogP contribution >= 0.6 is 15.9 Å². The molecule has 0 heterocycles. The van der Waals surface area contributed by atoms with E-state index in [2.05, 4.69) is 26.6 Å². The van der Waals surface area contributed by atoms with Crippen LogP contribution in [0.3, 0.4) is 0 Å². The zero-order chi connectivity index (χ0) is 18.6. The molecule has 0 saturated carbocycles. The van der Waals surface area contributed by atoms with Gasteiger partial charge in [0, 0.05) is 21.8 Å². The van der Waals surface area contributed by atoms with Gasteiger partial charge in [-0.15, -0.1) is 0 Å². The van der Waals surface area contributed by atoms with Gasteiger partial charge < -0.3 is 10.6 Å². The molecule has 0 radical (unpaired) electrons. The topological polar surface area (TPSA) is 101 Å². The Balaban J connectivity index is 2.08. The Hall–Kier alpha value is -2.74. The van der Waals surface area contributed by atoms with Crippen LogP contribution in [-0.2, 0) is 4.79 Å². The molecule has 0 saturated heterocycles. The van der Waals surface area contributed by atoms with Crippen LogP contribution in [0.2, 0.25) is 0 Å². The van der Waals surface area contributed by atoms with E-state index in [0.717, 1.165) is 10.0 Å². The molecule has 0 aliphatic carbocycles. The zero-order valence-corrected chi connectivity index (χ0v) is 15.2. The molecular formula is C17H16BrN3O4. The Morgan fingerprint density at radius 3 is 2.44 bits per heavy atom. The number of Topliss-reactive ketones (excluding diaryl/α,β-unsaturated/α-hetero) is 1. The number of nitrogens with one attached hydrogen (secondary N) is 2. The molecule has 1 amide bonds. The lowest BCUT2D eigenvalue weighted by atomic mass is 10.1. The molecule has 0 aliphatic heterocycles. The molecule has 130 valence electrons. The van der Waals surface area contributed by atoms with Gasteiger partial charge in [0.1, 0.15) is 5.69 Å². The highest BCUT2D eigenvalue weighted by atomic mass is 79.9. The van der Waals surface area contributed by atoms with Crippen LogP contribution in [0.5, 0.6) is 0 Å². The SMILES string of the molecule is CC(=O)c1ccc(NCC(=O)Nc2ccc(Br)cc2C)c([N+](=O)[O-])c1. The van der Waals surface area contributed by atoms with Crippen molar-refractivity contribution in [2.45, 2.75) is 13.8 Å². The summed E-state index contributed by atoms with van der Waals surface area (Å²) in [4.78, 5) is 34.0. The summed E-state index contributed by atoms with van der Waals surface area (Å²) in [6, 6.07) is 9.54. The maximum atomic E-state index is 12.1. The van der Waals surface area contributed by atoms with Crippen molar-refractivity contribution in [2.75, 3.05) is 17.2 Å². The second-order valence-electron chi connectivity index (χ2n) is 5.41. The van der Waals surface area contributed by atoms with Crippen LogP contribution in [0, 0.1) is 17.0 Å². The van der Waals surface area contributed by atoms with Crippen molar-refractivity contribution in [2.24, 2.45) is 0 Å². The van der Waals surface area contributed by atoms with Gasteiger partial charge >= 0.3 is 0 Å². The Morgan fingerprint density at radius 1 is 1.16 bits per heavy atom. The van der Waals surface area contributed by atoms with Gasteiger partial charge in [-0.1, -0.05) is 15.9 Å². The Labute approximate surface area is 152 Å². The first kappa shape index (κ1) is 18.6. The Morgan fingerprint density at radius 2 is 1.84 bits per heavy atom. The van der Waals surface area contributed by atoms with Crippen molar-refractivity contribution in [3.8, 4) is 0 Å². The third-order valence-corrected chi connectivity index (χ3v) is 4.00. The van der Waals surface area contributed by atoms with Crippen LogP contribution < -0.4 is 10.6 Å². The number of amides is 1. The highest BCUT2D eigenvalue weighted by molar-refractivity contribution is 9.10. The second kappa shape index (κ2) is 7.89. The van der Waals surface area contributed by atoms with E-state index in [4.69, 9.17) is 0 Å². The first-order valence-electron chi connectivity index (χ1n) is 7.37. The molecule has 0 atom stereocenters. The first-order valence-corrected chi connectivity index (χ1v) is 8.16. The molecule has 0 spiro atoms. The van der Waals surface area contributed by atoms with E-state index >= 15 is 0 Å². The summed E-state index contributed by atoms with van der Waals surface area (Å²) in [7, 11) is 0. The molecule has 2 aromatic rings. The fourth-order valence-electron chi connectivity index (χ4n) is 2.19. The molecule has 7 nitrogen and oxygen atoms in total. The molecular weight excluding hydrogens is 390 g/mol. The van der Waals surface area contributed by atoms with Crippen molar-refractivity contribution in [1.29, 1.82) is 0 Å². The number of hydrogen-bond acceptors (Lipinski definition) is 5. The van der Waals surface area contributed by atoms with Gasteiger partial charge in [0.25, 0.3) is 5.69 Å². The predicted molar refractivity (Wildman–Crippen MR) is 99.1 cm³/mol. The largest absolute Gasteiger partial charge is 0.371 e. The van der Waals surface area contributed by atoms with Crippen LogP contribution in [0.1, 0.15) is 22.8 Å². The monoisotopic (exact) mass is 405 g/mol. The van der Waals surface area contributed by atoms with E-state index in [1.54, 1.807) is 12.1 Å². The predicted octanol–water partition coefficient (Wildman–Crippen LogP) is 3.92. The summed E-state index contributed by atoms with van der Waals surface area (Å²) < 4.78 is 0.905. The van der Waals surface area contributed by atoms with Crippen LogP contribution in [0.15, 0.2) is 40.9 Å². The van der Waals surface area contributed by atoms with E-state index in [0.29, 0.717) is 5.69 Å². The molecule has 2 N–H and O–H groups in total. The summed E-state index contributed by atoms with van der Waals surface area (Å²) in [6.45, 7) is 3.05. The lowest BCUT2D eigenvalue weighted by molar-refractivity contribution is -0.384. The van der Waals surface area contributed by atoms with Gasteiger partial charge in [0.2, 0.25) is 5.91 Å². The summed E-state index contributed by atoms with van der Waals surface area (Å²) in [6.07, 6.45) is 0. The molecule has 25 heavy (non-hydrogen) atoms.